The van der Waals surface area contributed by atoms with Gasteiger partial charge in [-0.15, -0.1) is 0 Å². The molecule has 0 bridgehead atoms. The number of halogens is 3. The number of hydrogen-bond acceptors (Lipinski definition) is 1. The minimum atomic E-state index is 0. The van der Waals surface area contributed by atoms with Crippen molar-refractivity contribution in [2.75, 3.05) is 19.6 Å². The second kappa shape index (κ2) is 37.4. The van der Waals surface area contributed by atoms with Crippen LogP contribution in [0.15, 0.2) is 0 Å². The fraction of sp³-hybridized carbons (Fsp3) is 1.00. The van der Waals surface area contributed by atoms with Crippen LogP contribution in [0, 0.1) is 5.92 Å². The van der Waals surface area contributed by atoms with E-state index in [2.05, 4.69) is 56.0 Å². The fourth-order valence-electron chi connectivity index (χ4n) is 1.71. The fourth-order valence-corrected chi connectivity index (χ4v) is 1.71. The molecule has 5 heteroatoms. The molecular weight excluding hydrogens is 586 g/mol. The second-order valence-electron chi connectivity index (χ2n) is 3.34. The molecule has 0 spiro atoms. The Morgan fingerprint density at radius 1 is 0.950 bits per heavy atom. The van der Waals surface area contributed by atoms with E-state index in [1.54, 1.807) is 0 Å². The predicted octanol–water partition coefficient (Wildman–Crippen LogP) is 3.85. The Kier molecular flexibility index (Phi) is 71.2. The van der Waals surface area contributed by atoms with Crippen LogP contribution >= 0.6 is 37.2 Å². The molecule has 1 fully saturated rings. The molecule has 3 radical (unpaired) electrons. The van der Waals surface area contributed by atoms with Gasteiger partial charge in [0, 0.05) is 8.41 Å². The largest absolute Gasteiger partial charge is 0 e. The molecule has 0 amide bonds. The van der Waals surface area contributed by atoms with Gasteiger partial charge in [0.05, 0.1) is 0 Å². The molecule has 0 atom stereocenters. The average Bonchev–Trinajstić information content (AvgIpc) is 2.44. The summed E-state index contributed by atoms with van der Waals surface area (Å²) in [5.74, 6) is 1.03. The van der Waals surface area contributed by atoms with Gasteiger partial charge in [-0.25, -0.2) is 0 Å². The zero-order valence-corrected chi connectivity index (χ0v) is 19.5. The molecule has 20 heavy (non-hydrogen) atoms. The van der Waals surface area contributed by atoms with E-state index in [1.807, 2.05) is 27.7 Å². The molecule has 1 rings (SSSR count). The van der Waals surface area contributed by atoms with Crippen LogP contribution in [0.2, 0.25) is 0 Å². The summed E-state index contributed by atoms with van der Waals surface area (Å²) < 4.78 is 0. The Morgan fingerprint density at radius 2 is 1.25 bits per heavy atom. The van der Waals surface area contributed by atoms with Crippen LogP contribution in [-0.2, 0) is 0 Å². The Morgan fingerprint density at radius 3 is 1.45 bits per heavy atom. The van der Waals surface area contributed by atoms with Gasteiger partial charge in [0.1, 0.15) is 0 Å². The van der Waals surface area contributed by atoms with E-state index in [1.165, 1.54) is 38.9 Å². The maximum atomic E-state index is 2.55. The molecule has 1 nitrogen and oxygen atoms in total. The topological polar surface area (TPSA) is 3.24 Å². The maximum absolute atomic E-state index is 2.55. The van der Waals surface area contributed by atoms with Gasteiger partial charge in [-0.1, -0.05) is 62.8 Å². The number of piperidine rings is 1. The van der Waals surface area contributed by atoms with E-state index in [-0.39, 0.29) is 23.3 Å². The standard InChI is InChI=1S/C9H19N.2C2H6.2CH4.B.I3/c1-3-9-5-7-10(4-2)8-6-9;2*1-2;;;;1-3-2/h9H,3-8H2,1-2H3;2*1-2H3;2*1H4;;/q;;;;;;-1. The van der Waals surface area contributed by atoms with E-state index >= 15 is 0 Å². The first-order chi connectivity index (χ1) is 8.28. The Labute approximate surface area is 163 Å². The summed E-state index contributed by atoms with van der Waals surface area (Å²) in [5, 5.41) is 0. The smallest absolute Gasteiger partial charge is 0 e. The third-order valence-corrected chi connectivity index (χ3v) is 2.73. The van der Waals surface area contributed by atoms with E-state index in [0.29, 0.717) is 13.3 Å². The molecule has 1 aliphatic rings. The maximum Gasteiger partial charge on any atom is 0 e. The molecule has 1 saturated heterocycles. The van der Waals surface area contributed by atoms with E-state index < -0.39 is 0 Å². The van der Waals surface area contributed by atoms with Gasteiger partial charge in [-0.05, 0) is 38.4 Å². The quantitative estimate of drug-likeness (QED) is 0.334. The summed E-state index contributed by atoms with van der Waals surface area (Å²) in [6.45, 7) is 16.5. The normalized spacial score (nSPS) is 13.4. The minimum Gasteiger partial charge on any atom is 0 e. The van der Waals surface area contributed by atoms with Crippen molar-refractivity contribution >= 4 is 45.6 Å². The zero-order valence-electron chi connectivity index (χ0n) is 13.0. The zero-order chi connectivity index (χ0) is 14.1. The van der Waals surface area contributed by atoms with Crippen molar-refractivity contribution in [2.45, 2.75) is 75.7 Å². The molecule has 0 aromatic heterocycles. The first-order valence-electron chi connectivity index (χ1n) is 6.87. The van der Waals surface area contributed by atoms with Gasteiger partial charge in [0.25, 0.3) is 0 Å². The minimum absolute atomic E-state index is 0. The monoisotopic (exact) mass is 625 g/mol. The van der Waals surface area contributed by atoms with Crippen molar-refractivity contribution < 1.29 is 13.3 Å². The first kappa shape index (κ1) is 38.0. The Hall–Kier alpha value is 2.21. The van der Waals surface area contributed by atoms with E-state index in [4.69, 9.17) is 0 Å². The van der Waals surface area contributed by atoms with Crippen molar-refractivity contribution in [1.82, 2.24) is 4.90 Å². The average molecular weight is 625 g/mol. The molecule has 0 N–H and O–H groups in total. The molecule has 0 unspecified atom stereocenters. The molecule has 129 valence electrons. The van der Waals surface area contributed by atoms with Crippen LogP contribution in [-0.4, -0.2) is 32.9 Å². The van der Waals surface area contributed by atoms with Crippen molar-refractivity contribution in [3.63, 3.8) is 0 Å². The van der Waals surface area contributed by atoms with Crippen LogP contribution in [0.4, 0.5) is 0 Å². The molecule has 0 aromatic rings. The SMILES string of the molecule is C.C.CC.CC.CCC1CCN(CC)CC1.I[I-]I.[B]. The summed E-state index contributed by atoms with van der Waals surface area (Å²) in [4.78, 5) is 2.55. The van der Waals surface area contributed by atoms with Crippen LogP contribution < -0.4 is 13.3 Å². The van der Waals surface area contributed by atoms with Gasteiger partial charge in [0.2, 0.25) is 0 Å². The van der Waals surface area contributed by atoms with Gasteiger partial charge in [-0.2, -0.15) is 0 Å². The molecule has 1 aliphatic heterocycles. The number of nitrogens with zero attached hydrogens (tertiary/aromatic N) is 1. The number of hydrogen-bond donors (Lipinski definition) is 0. The third-order valence-electron chi connectivity index (χ3n) is 2.73. The summed E-state index contributed by atoms with van der Waals surface area (Å²) in [7, 11) is 0. The van der Waals surface area contributed by atoms with Crippen molar-refractivity contribution in [1.29, 1.82) is 0 Å². The van der Waals surface area contributed by atoms with Crippen molar-refractivity contribution in [3.8, 4) is 0 Å². The molecule has 0 aromatic carbocycles. The Balaban J connectivity index is -0.0000000430. The van der Waals surface area contributed by atoms with Crippen molar-refractivity contribution in [3.05, 3.63) is 0 Å². The van der Waals surface area contributed by atoms with Gasteiger partial charge >= 0.3 is 50.5 Å². The van der Waals surface area contributed by atoms with Gasteiger partial charge in [0.15, 0.2) is 0 Å². The molecule has 0 saturated carbocycles. The van der Waals surface area contributed by atoms with Crippen LogP contribution in [0.3, 0.4) is 0 Å². The second-order valence-corrected chi connectivity index (χ2v) is 19.6. The summed E-state index contributed by atoms with van der Waals surface area (Å²) in [6, 6.07) is 0. The summed E-state index contributed by atoms with van der Waals surface area (Å²) >= 11 is 5.30. The number of likely N-dealkylation sites (tertiary alicyclic amines) is 1. The van der Waals surface area contributed by atoms with Crippen LogP contribution in [0.5, 0.6) is 0 Å². The Bertz CT molecular complexity index is 99.3. The molecule has 0 aliphatic carbocycles. The van der Waals surface area contributed by atoms with Crippen molar-refractivity contribution in [2.24, 2.45) is 5.92 Å². The number of rotatable bonds is 2. The summed E-state index contributed by atoms with van der Waals surface area (Å²) in [6.07, 6.45) is 4.26. The van der Waals surface area contributed by atoms with Crippen LogP contribution in [0.25, 0.3) is 0 Å². The third kappa shape index (κ3) is 28.4. The van der Waals surface area contributed by atoms with Gasteiger partial charge in [-0.3, -0.25) is 0 Å². The van der Waals surface area contributed by atoms with E-state index in [0.717, 1.165) is 5.92 Å². The molecule has 1 heterocycles. The predicted molar refractivity (Wildman–Crippen MR) is 115 cm³/mol. The van der Waals surface area contributed by atoms with Gasteiger partial charge < -0.3 is 4.90 Å². The van der Waals surface area contributed by atoms with E-state index in [9.17, 15) is 0 Å². The van der Waals surface area contributed by atoms with Crippen LogP contribution in [0.1, 0.15) is 75.7 Å². The first-order valence-corrected chi connectivity index (χ1v) is 19.4. The molecular formula is C15H39BI3N-. The summed E-state index contributed by atoms with van der Waals surface area (Å²) in [5.41, 5.74) is 0.